The van der Waals surface area contributed by atoms with E-state index in [1.54, 1.807) is 0 Å². The number of benzene rings is 2. The highest BCUT2D eigenvalue weighted by Gasteiger charge is 2.04. The van der Waals surface area contributed by atoms with Crippen LogP contribution in [0.15, 0.2) is 48.5 Å². The average molecular weight is 229 g/mol. The summed E-state index contributed by atoms with van der Waals surface area (Å²) >= 11 is 0. The van der Waals surface area contributed by atoms with Gasteiger partial charge in [0.25, 0.3) is 0 Å². The number of nitrogens with one attached hydrogen (secondary N) is 1. The van der Waals surface area contributed by atoms with E-state index in [0.717, 1.165) is 22.5 Å². The average Bonchev–Trinajstić information content (AvgIpc) is 2.31. The second kappa shape index (κ2) is 6.55. The maximum absolute atomic E-state index is 5.87. The van der Waals surface area contributed by atoms with Gasteiger partial charge in [-0.1, -0.05) is 36.4 Å². The predicted molar refractivity (Wildman–Crippen MR) is 75.7 cm³/mol. The third-order valence-corrected chi connectivity index (χ3v) is 2.19. The minimum absolute atomic E-state index is 0.719. The number of anilines is 2. The molecule has 0 heterocycles. The van der Waals surface area contributed by atoms with E-state index in [-0.39, 0.29) is 0 Å². The first kappa shape index (κ1) is 13.1. The summed E-state index contributed by atoms with van der Waals surface area (Å²) in [7, 11) is 3.75. The quantitative estimate of drug-likeness (QED) is 0.658. The molecule has 0 saturated carbocycles. The highest BCUT2D eigenvalue weighted by Crippen LogP contribution is 2.30. The first-order valence-corrected chi connectivity index (χ1v) is 5.48. The van der Waals surface area contributed by atoms with E-state index in [4.69, 9.17) is 11.5 Å². The molecule has 0 radical (unpaired) electrons. The van der Waals surface area contributed by atoms with Crippen molar-refractivity contribution in [2.75, 3.05) is 25.6 Å². The predicted octanol–water partition coefficient (Wildman–Crippen LogP) is 2.35. The molecule has 3 heteroatoms. The summed E-state index contributed by atoms with van der Waals surface area (Å²) in [6.07, 6.45) is 0. The van der Waals surface area contributed by atoms with Crippen molar-refractivity contribution in [2.24, 2.45) is 0 Å². The van der Waals surface area contributed by atoms with Gasteiger partial charge in [0.15, 0.2) is 0 Å². The highest BCUT2D eigenvalue weighted by atomic mass is 14.7. The zero-order valence-corrected chi connectivity index (χ0v) is 10.3. The summed E-state index contributed by atoms with van der Waals surface area (Å²) < 4.78 is 0. The molecule has 0 spiro atoms. The lowest BCUT2D eigenvalue weighted by molar-refractivity contribution is 1.02. The molecule has 2 aromatic carbocycles. The number of hydrogen-bond donors (Lipinski definition) is 3. The van der Waals surface area contributed by atoms with Crippen molar-refractivity contribution >= 4 is 11.4 Å². The van der Waals surface area contributed by atoms with Gasteiger partial charge >= 0.3 is 0 Å². The van der Waals surface area contributed by atoms with Crippen LogP contribution in [0, 0.1) is 0 Å². The van der Waals surface area contributed by atoms with E-state index in [2.05, 4.69) is 5.32 Å². The van der Waals surface area contributed by atoms with Gasteiger partial charge in [-0.2, -0.15) is 0 Å². The zero-order valence-electron chi connectivity index (χ0n) is 10.3. The van der Waals surface area contributed by atoms with Crippen LogP contribution in [0.3, 0.4) is 0 Å². The molecule has 0 aliphatic carbocycles. The summed E-state index contributed by atoms with van der Waals surface area (Å²) in [5.74, 6) is 0. The molecule has 90 valence electrons. The molecule has 0 bridgehead atoms. The molecule has 0 aliphatic heterocycles. The van der Waals surface area contributed by atoms with E-state index in [1.807, 2.05) is 62.6 Å². The van der Waals surface area contributed by atoms with Crippen molar-refractivity contribution in [3.63, 3.8) is 0 Å². The maximum Gasteiger partial charge on any atom is 0.0414 e. The molecule has 5 N–H and O–H groups in total. The second-order valence-corrected chi connectivity index (χ2v) is 3.68. The zero-order chi connectivity index (χ0) is 12.7. The normalized spacial score (nSPS) is 9.29. The van der Waals surface area contributed by atoms with Crippen molar-refractivity contribution < 1.29 is 0 Å². The number of rotatable bonds is 1. The highest BCUT2D eigenvalue weighted by molar-refractivity contribution is 5.86. The van der Waals surface area contributed by atoms with Gasteiger partial charge in [0.2, 0.25) is 0 Å². The van der Waals surface area contributed by atoms with Gasteiger partial charge < -0.3 is 16.8 Å². The van der Waals surface area contributed by atoms with Gasteiger partial charge in [0.1, 0.15) is 0 Å². The molecule has 2 aromatic rings. The SMILES string of the molecule is CNC.Nc1cccc(N)c1-c1ccccc1. The molecule has 0 aliphatic rings. The van der Waals surface area contributed by atoms with Gasteiger partial charge in [-0.3, -0.25) is 0 Å². The van der Waals surface area contributed by atoms with Crippen molar-refractivity contribution in [2.45, 2.75) is 0 Å². The minimum atomic E-state index is 0.719. The van der Waals surface area contributed by atoms with Gasteiger partial charge in [-0.15, -0.1) is 0 Å². The Balaban J connectivity index is 0.000000437. The fourth-order valence-corrected chi connectivity index (χ4v) is 1.53. The Morgan fingerprint density at radius 1 is 0.765 bits per heavy atom. The first-order valence-electron chi connectivity index (χ1n) is 5.48. The molecule has 3 nitrogen and oxygen atoms in total. The lowest BCUT2D eigenvalue weighted by Crippen LogP contribution is -1.95. The van der Waals surface area contributed by atoms with E-state index in [1.165, 1.54) is 0 Å². The first-order chi connectivity index (χ1) is 8.20. The van der Waals surface area contributed by atoms with Crippen molar-refractivity contribution in [3.05, 3.63) is 48.5 Å². The molecule has 0 aromatic heterocycles. The Morgan fingerprint density at radius 2 is 1.24 bits per heavy atom. The standard InChI is InChI=1S/C12H12N2.C2H7N/c13-10-7-4-8-11(14)12(10)9-5-2-1-3-6-9;1-3-2/h1-8H,13-14H2;3H,1-2H3. The molecule has 0 amide bonds. The van der Waals surface area contributed by atoms with E-state index in [9.17, 15) is 0 Å². The molecular formula is C14H19N3. The van der Waals surface area contributed by atoms with Crippen molar-refractivity contribution in [3.8, 4) is 11.1 Å². The van der Waals surface area contributed by atoms with Gasteiger partial charge in [-0.25, -0.2) is 0 Å². The smallest absolute Gasteiger partial charge is 0.0414 e. The second-order valence-electron chi connectivity index (χ2n) is 3.68. The molecule has 2 rings (SSSR count). The van der Waals surface area contributed by atoms with Crippen LogP contribution < -0.4 is 16.8 Å². The number of nitrogen functional groups attached to an aromatic ring is 2. The topological polar surface area (TPSA) is 64.1 Å². The summed E-state index contributed by atoms with van der Waals surface area (Å²) in [4.78, 5) is 0. The third-order valence-electron chi connectivity index (χ3n) is 2.19. The Labute approximate surface area is 102 Å². The fraction of sp³-hybridized carbons (Fsp3) is 0.143. The summed E-state index contributed by atoms with van der Waals surface area (Å²) in [6.45, 7) is 0. The van der Waals surface area contributed by atoms with Crippen molar-refractivity contribution in [1.82, 2.24) is 5.32 Å². The van der Waals surface area contributed by atoms with Crippen LogP contribution in [0.25, 0.3) is 11.1 Å². The summed E-state index contributed by atoms with van der Waals surface area (Å²) in [6, 6.07) is 15.5. The van der Waals surface area contributed by atoms with Crippen LogP contribution in [0.2, 0.25) is 0 Å². The largest absolute Gasteiger partial charge is 0.398 e. The van der Waals surface area contributed by atoms with Crippen LogP contribution in [0.1, 0.15) is 0 Å². The Morgan fingerprint density at radius 3 is 1.71 bits per heavy atom. The molecule has 0 saturated heterocycles. The van der Waals surface area contributed by atoms with Gasteiger partial charge in [-0.05, 0) is 31.8 Å². The van der Waals surface area contributed by atoms with Crippen LogP contribution in [-0.2, 0) is 0 Å². The van der Waals surface area contributed by atoms with Crippen molar-refractivity contribution in [1.29, 1.82) is 0 Å². The van der Waals surface area contributed by atoms with E-state index in [0.29, 0.717) is 0 Å². The van der Waals surface area contributed by atoms with Crippen LogP contribution >= 0.6 is 0 Å². The van der Waals surface area contributed by atoms with Crippen LogP contribution in [-0.4, -0.2) is 14.1 Å². The molecule has 17 heavy (non-hydrogen) atoms. The van der Waals surface area contributed by atoms with E-state index < -0.39 is 0 Å². The number of nitrogens with two attached hydrogens (primary N) is 2. The molecular weight excluding hydrogens is 210 g/mol. The lowest BCUT2D eigenvalue weighted by atomic mass is 10.0. The van der Waals surface area contributed by atoms with Crippen LogP contribution in [0.4, 0.5) is 11.4 Å². The lowest BCUT2D eigenvalue weighted by Gasteiger charge is -2.08. The molecule has 0 fully saturated rings. The van der Waals surface area contributed by atoms with Gasteiger partial charge in [0.05, 0.1) is 0 Å². The summed E-state index contributed by atoms with van der Waals surface area (Å²) in [5.41, 5.74) is 15.2. The minimum Gasteiger partial charge on any atom is -0.398 e. The Bertz CT molecular complexity index is 432. The van der Waals surface area contributed by atoms with Crippen LogP contribution in [0.5, 0.6) is 0 Å². The third kappa shape index (κ3) is 3.50. The maximum atomic E-state index is 5.87. The molecule has 0 atom stereocenters. The van der Waals surface area contributed by atoms with Gasteiger partial charge in [0, 0.05) is 16.9 Å². The monoisotopic (exact) mass is 229 g/mol. The van der Waals surface area contributed by atoms with E-state index >= 15 is 0 Å². The fourth-order valence-electron chi connectivity index (χ4n) is 1.53. The number of hydrogen-bond acceptors (Lipinski definition) is 3. The Kier molecular flexibility index (Phi) is 5.04. The summed E-state index contributed by atoms with van der Waals surface area (Å²) in [5, 5.41) is 2.75. The molecule has 0 unspecified atom stereocenters. The Hall–Kier alpha value is -2.00.